The van der Waals surface area contributed by atoms with E-state index in [0.29, 0.717) is 0 Å². The molecule has 3 nitrogen and oxygen atoms in total. The molecule has 0 bridgehead atoms. The molecule has 0 aliphatic rings. The quantitative estimate of drug-likeness (QED) is 0.918. The van der Waals surface area contributed by atoms with Crippen LogP contribution in [0.3, 0.4) is 0 Å². The van der Waals surface area contributed by atoms with Gasteiger partial charge in [-0.05, 0) is 48.8 Å². The summed E-state index contributed by atoms with van der Waals surface area (Å²) in [5, 5.41) is 9.27. The topological polar surface area (TPSA) is 36.4 Å². The highest BCUT2D eigenvalue weighted by Gasteiger charge is 2.23. The first-order valence-electron chi connectivity index (χ1n) is 4.86. The Morgan fingerprint density at radius 2 is 2.07 bits per heavy atom. The predicted octanol–water partition coefficient (Wildman–Crippen LogP) is 2.36. The van der Waals surface area contributed by atoms with Gasteiger partial charge >= 0.3 is 0 Å². The number of hydrogen-bond acceptors (Lipinski definition) is 3. The number of rotatable bonds is 3. The predicted molar refractivity (Wildman–Crippen MR) is 66.2 cm³/mol. The van der Waals surface area contributed by atoms with Crippen molar-refractivity contribution in [3.8, 4) is 0 Å². The molecule has 0 spiro atoms. The first kappa shape index (κ1) is 12.5. The molecule has 1 heterocycles. The van der Waals surface area contributed by atoms with Gasteiger partial charge in [0.05, 0.1) is 17.8 Å². The lowest BCUT2D eigenvalue weighted by atomic mass is 10.1. The molecule has 1 rings (SSSR count). The van der Waals surface area contributed by atoms with Crippen molar-refractivity contribution in [1.29, 1.82) is 0 Å². The minimum Gasteiger partial charge on any atom is -0.394 e. The molecule has 0 saturated heterocycles. The van der Waals surface area contributed by atoms with Crippen LogP contribution in [0.2, 0.25) is 0 Å². The molecule has 0 atom stereocenters. The van der Waals surface area contributed by atoms with Crippen LogP contribution < -0.4 is 4.90 Å². The van der Waals surface area contributed by atoms with E-state index in [1.54, 1.807) is 0 Å². The van der Waals surface area contributed by atoms with E-state index in [-0.39, 0.29) is 12.1 Å². The van der Waals surface area contributed by atoms with Gasteiger partial charge in [0, 0.05) is 11.5 Å². The summed E-state index contributed by atoms with van der Waals surface area (Å²) >= 11 is 3.42. The van der Waals surface area contributed by atoms with E-state index in [2.05, 4.69) is 20.9 Å². The minimum atomic E-state index is -0.298. The highest BCUT2D eigenvalue weighted by Crippen LogP contribution is 2.23. The zero-order valence-electron chi connectivity index (χ0n) is 9.58. The van der Waals surface area contributed by atoms with E-state index in [9.17, 15) is 5.11 Å². The number of aliphatic hydroxyl groups is 1. The monoisotopic (exact) mass is 272 g/mol. The second-order valence-electron chi connectivity index (χ2n) is 4.27. The third-order valence-electron chi connectivity index (χ3n) is 2.65. The first-order chi connectivity index (χ1) is 6.88. The molecule has 15 heavy (non-hydrogen) atoms. The van der Waals surface area contributed by atoms with Gasteiger partial charge < -0.3 is 10.0 Å². The summed E-state index contributed by atoms with van der Waals surface area (Å²) in [5.41, 5.74) is 0.654. The largest absolute Gasteiger partial charge is 0.394 e. The smallest absolute Gasteiger partial charge is 0.129 e. The lowest BCUT2D eigenvalue weighted by molar-refractivity contribution is 0.215. The van der Waals surface area contributed by atoms with Crippen LogP contribution in [0.4, 0.5) is 5.82 Å². The Bertz CT molecular complexity index is 352. The van der Waals surface area contributed by atoms with Crippen molar-refractivity contribution >= 4 is 21.7 Å². The van der Waals surface area contributed by atoms with Crippen LogP contribution in [0.5, 0.6) is 0 Å². The van der Waals surface area contributed by atoms with Crippen molar-refractivity contribution in [2.75, 3.05) is 18.6 Å². The van der Waals surface area contributed by atoms with E-state index >= 15 is 0 Å². The van der Waals surface area contributed by atoms with Gasteiger partial charge in [-0.1, -0.05) is 0 Å². The number of aliphatic hydroxyl groups excluding tert-OH is 1. The summed E-state index contributed by atoms with van der Waals surface area (Å²) < 4.78 is 1.00. The Labute approximate surface area is 99.3 Å². The zero-order chi connectivity index (χ0) is 11.6. The fourth-order valence-electron chi connectivity index (χ4n) is 1.13. The Balaban J connectivity index is 3.02. The molecule has 1 N–H and O–H groups in total. The molecule has 0 unspecified atom stereocenters. The van der Waals surface area contributed by atoms with Crippen LogP contribution in [0, 0.1) is 6.92 Å². The van der Waals surface area contributed by atoms with Crippen LogP contribution >= 0.6 is 15.9 Å². The molecule has 1 aromatic heterocycles. The molecular formula is C11H17BrN2O. The van der Waals surface area contributed by atoms with Gasteiger partial charge in [0.15, 0.2) is 0 Å². The average molecular weight is 273 g/mol. The molecule has 84 valence electrons. The van der Waals surface area contributed by atoms with Gasteiger partial charge in [0.25, 0.3) is 0 Å². The number of halogens is 1. The van der Waals surface area contributed by atoms with Crippen molar-refractivity contribution in [2.45, 2.75) is 26.3 Å². The number of anilines is 1. The van der Waals surface area contributed by atoms with Gasteiger partial charge in [-0.3, -0.25) is 0 Å². The lowest BCUT2D eigenvalue weighted by Crippen LogP contribution is -2.44. The van der Waals surface area contributed by atoms with Gasteiger partial charge in [-0.15, -0.1) is 0 Å². The van der Waals surface area contributed by atoms with Crippen LogP contribution in [0.1, 0.15) is 19.5 Å². The van der Waals surface area contributed by atoms with Gasteiger partial charge in [0.1, 0.15) is 5.82 Å². The van der Waals surface area contributed by atoms with Gasteiger partial charge in [0.2, 0.25) is 0 Å². The molecule has 1 aromatic rings. The van der Waals surface area contributed by atoms with Crippen molar-refractivity contribution in [3.63, 3.8) is 0 Å². The van der Waals surface area contributed by atoms with Crippen LogP contribution in [-0.4, -0.2) is 29.3 Å². The number of hydrogen-bond donors (Lipinski definition) is 1. The van der Waals surface area contributed by atoms with Crippen LogP contribution in [-0.2, 0) is 0 Å². The van der Waals surface area contributed by atoms with E-state index in [1.807, 2.05) is 44.9 Å². The lowest BCUT2D eigenvalue weighted by Gasteiger charge is -2.35. The Morgan fingerprint density at radius 1 is 1.47 bits per heavy atom. The van der Waals surface area contributed by atoms with Crippen molar-refractivity contribution in [3.05, 3.63) is 22.3 Å². The number of nitrogens with zero attached hydrogens (tertiary/aromatic N) is 2. The molecule has 0 aromatic carbocycles. The standard InChI is InChI=1S/C11H17BrN2O/c1-8-9(12)5-6-10(13-8)14(4)11(2,3)7-15/h5-6,15H,7H2,1-4H3. The summed E-state index contributed by atoms with van der Waals surface area (Å²) in [7, 11) is 1.94. The summed E-state index contributed by atoms with van der Waals surface area (Å²) in [5.74, 6) is 0.870. The third kappa shape index (κ3) is 2.69. The molecule has 0 radical (unpaired) electrons. The summed E-state index contributed by atoms with van der Waals surface area (Å²) in [6.07, 6.45) is 0. The Morgan fingerprint density at radius 3 is 2.53 bits per heavy atom. The first-order valence-corrected chi connectivity index (χ1v) is 5.65. The highest BCUT2D eigenvalue weighted by atomic mass is 79.9. The second kappa shape index (κ2) is 4.49. The average Bonchev–Trinajstić information content (AvgIpc) is 2.21. The fourth-order valence-corrected chi connectivity index (χ4v) is 1.35. The molecule has 0 amide bonds. The Kier molecular flexibility index (Phi) is 3.73. The number of pyridine rings is 1. The van der Waals surface area contributed by atoms with Crippen LogP contribution in [0.15, 0.2) is 16.6 Å². The molecular weight excluding hydrogens is 256 g/mol. The number of likely N-dealkylation sites (N-methyl/N-ethyl adjacent to an activating group) is 1. The maximum Gasteiger partial charge on any atom is 0.129 e. The minimum absolute atomic E-state index is 0.0975. The summed E-state index contributed by atoms with van der Waals surface area (Å²) in [6.45, 7) is 6.01. The molecule has 4 heteroatoms. The number of aromatic nitrogens is 1. The van der Waals surface area contributed by atoms with E-state index in [0.717, 1.165) is 16.0 Å². The fraction of sp³-hybridized carbons (Fsp3) is 0.545. The van der Waals surface area contributed by atoms with Crippen molar-refractivity contribution in [1.82, 2.24) is 4.98 Å². The van der Waals surface area contributed by atoms with Crippen LogP contribution in [0.25, 0.3) is 0 Å². The van der Waals surface area contributed by atoms with Crippen molar-refractivity contribution < 1.29 is 5.11 Å². The summed E-state index contributed by atoms with van der Waals surface area (Å²) in [4.78, 5) is 6.43. The maximum absolute atomic E-state index is 9.27. The summed E-state index contributed by atoms with van der Waals surface area (Å²) in [6, 6.07) is 3.91. The third-order valence-corrected chi connectivity index (χ3v) is 3.48. The molecule has 0 fully saturated rings. The Hall–Kier alpha value is -0.610. The molecule has 0 saturated carbocycles. The normalized spacial score (nSPS) is 11.6. The van der Waals surface area contributed by atoms with E-state index in [1.165, 1.54) is 0 Å². The van der Waals surface area contributed by atoms with Crippen molar-refractivity contribution in [2.24, 2.45) is 0 Å². The zero-order valence-corrected chi connectivity index (χ0v) is 11.2. The maximum atomic E-state index is 9.27. The van der Waals surface area contributed by atoms with E-state index in [4.69, 9.17) is 0 Å². The molecule has 0 aliphatic carbocycles. The highest BCUT2D eigenvalue weighted by molar-refractivity contribution is 9.10. The number of aryl methyl sites for hydroxylation is 1. The van der Waals surface area contributed by atoms with Gasteiger partial charge in [-0.25, -0.2) is 4.98 Å². The van der Waals surface area contributed by atoms with E-state index < -0.39 is 0 Å². The van der Waals surface area contributed by atoms with Gasteiger partial charge in [-0.2, -0.15) is 0 Å². The second-order valence-corrected chi connectivity index (χ2v) is 5.12. The SMILES string of the molecule is Cc1nc(N(C)C(C)(C)CO)ccc1Br. The molecule has 0 aliphatic heterocycles.